The van der Waals surface area contributed by atoms with Gasteiger partial charge in [-0.05, 0) is 61.2 Å². The van der Waals surface area contributed by atoms with Gasteiger partial charge in [-0.25, -0.2) is 9.18 Å². The molecule has 1 fully saturated rings. The summed E-state index contributed by atoms with van der Waals surface area (Å²) in [6.07, 6.45) is 2.70. The molecule has 2 heterocycles. The number of anilines is 1. The van der Waals surface area contributed by atoms with Crippen LogP contribution < -0.4 is 5.32 Å². The van der Waals surface area contributed by atoms with Gasteiger partial charge < -0.3 is 14.7 Å². The van der Waals surface area contributed by atoms with E-state index in [-0.39, 0.29) is 17.8 Å². The van der Waals surface area contributed by atoms with Gasteiger partial charge in [-0.3, -0.25) is 0 Å². The molecule has 3 aromatic rings. The number of nitrogens with zero attached hydrogens (tertiary/aromatic N) is 3. The Bertz CT molecular complexity index is 969. The van der Waals surface area contributed by atoms with E-state index in [4.69, 9.17) is 4.52 Å². The molecule has 1 saturated heterocycles. The fourth-order valence-electron chi connectivity index (χ4n) is 3.51. The molecule has 1 aliphatic heterocycles. The Morgan fingerprint density at radius 2 is 1.97 bits per heavy atom. The molecule has 0 bridgehead atoms. The van der Waals surface area contributed by atoms with E-state index in [2.05, 4.69) is 22.4 Å². The fourth-order valence-corrected chi connectivity index (χ4v) is 3.51. The summed E-state index contributed by atoms with van der Waals surface area (Å²) in [6, 6.07) is 13.7. The number of amides is 2. The lowest BCUT2D eigenvalue weighted by Gasteiger charge is -2.31. The molecule has 29 heavy (non-hydrogen) atoms. The van der Waals surface area contributed by atoms with Crippen LogP contribution >= 0.6 is 0 Å². The molecule has 4 rings (SSSR count). The van der Waals surface area contributed by atoms with Crippen LogP contribution in [0.25, 0.3) is 11.4 Å². The average molecular weight is 394 g/mol. The lowest BCUT2D eigenvalue weighted by molar-refractivity contribution is 0.184. The molecular formula is C22H23FN4O2. The number of urea groups is 1. The number of carbonyl (C=O) groups is 1. The third-order valence-electron chi connectivity index (χ3n) is 5.22. The summed E-state index contributed by atoms with van der Waals surface area (Å²) in [6.45, 7) is 3.30. The van der Waals surface area contributed by atoms with Crippen LogP contribution in [0.4, 0.5) is 14.9 Å². The summed E-state index contributed by atoms with van der Waals surface area (Å²) in [4.78, 5) is 18.9. The monoisotopic (exact) mass is 394 g/mol. The third kappa shape index (κ3) is 4.45. The highest BCUT2D eigenvalue weighted by Crippen LogP contribution is 2.28. The molecule has 0 spiro atoms. The van der Waals surface area contributed by atoms with Crippen molar-refractivity contribution in [1.82, 2.24) is 15.0 Å². The first-order valence-electron chi connectivity index (χ1n) is 9.87. The number of hydrogen-bond acceptors (Lipinski definition) is 4. The van der Waals surface area contributed by atoms with Crippen LogP contribution in [0.15, 0.2) is 53.1 Å². The van der Waals surface area contributed by atoms with Gasteiger partial charge in [0.1, 0.15) is 5.82 Å². The molecule has 6 nitrogen and oxygen atoms in total. The maximum atomic E-state index is 13.1. The van der Waals surface area contributed by atoms with Crippen LogP contribution in [0.1, 0.15) is 37.1 Å². The number of hydrogen-bond donors (Lipinski definition) is 1. The first-order chi connectivity index (χ1) is 14.1. The predicted octanol–water partition coefficient (Wildman–Crippen LogP) is 4.85. The molecule has 2 amide bonds. The largest absolute Gasteiger partial charge is 0.339 e. The quantitative estimate of drug-likeness (QED) is 0.687. The van der Waals surface area contributed by atoms with Gasteiger partial charge in [0.25, 0.3) is 0 Å². The van der Waals surface area contributed by atoms with Crippen molar-refractivity contribution in [2.75, 3.05) is 18.4 Å². The Labute approximate surface area is 168 Å². The van der Waals surface area contributed by atoms with E-state index < -0.39 is 0 Å². The van der Waals surface area contributed by atoms with Crippen molar-refractivity contribution in [3.63, 3.8) is 0 Å². The third-order valence-corrected chi connectivity index (χ3v) is 5.22. The number of carbonyl (C=O) groups excluding carboxylic acids is 1. The molecular weight excluding hydrogens is 371 g/mol. The van der Waals surface area contributed by atoms with Crippen molar-refractivity contribution in [3.8, 4) is 11.4 Å². The van der Waals surface area contributed by atoms with Gasteiger partial charge in [0.05, 0.1) is 5.92 Å². The Hall–Kier alpha value is -3.22. The van der Waals surface area contributed by atoms with E-state index >= 15 is 0 Å². The topological polar surface area (TPSA) is 71.3 Å². The van der Waals surface area contributed by atoms with Crippen LogP contribution in [-0.4, -0.2) is 34.2 Å². The fraction of sp³-hybridized carbons (Fsp3) is 0.318. The van der Waals surface area contributed by atoms with Gasteiger partial charge in [0.15, 0.2) is 0 Å². The van der Waals surface area contributed by atoms with Crippen molar-refractivity contribution < 1.29 is 13.7 Å². The number of halogens is 1. The molecule has 7 heteroatoms. The predicted molar refractivity (Wildman–Crippen MR) is 108 cm³/mol. The van der Waals surface area contributed by atoms with Gasteiger partial charge in [-0.2, -0.15) is 4.98 Å². The summed E-state index contributed by atoms with van der Waals surface area (Å²) < 4.78 is 18.6. The molecule has 1 N–H and O–H groups in total. The molecule has 2 aromatic carbocycles. The Morgan fingerprint density at radius 1 is 1.21 bits per heavy atom. The number of aryl methyl sites for hydroxylation is 1. The number of rotatable bonds is 4. The Kier molecular flexibility index (Phi) is 5.55. The highest BCUT2D eigenvalue weighted by atomic mass is 19.1. The van der Waals surface area contributed by atoms with E-state index in [1.807, 2.05) is 24.3 Å². The lowest BCUT2D eigenvalue weighted by Crippen LogP contribution is -2.41. The van der Waals surface area contributed by atoms with E-state index in [0.717, 1.165) is 24.9 Å². The molecule has 1 atom stereocenters. The van der Waals surface area contributed by atoms with Gasteiger partial charge in [-0.1, -0.05) is 24.2 Å². The SMILES string of the molecule is CCc1ccc(NC(=O)N2CCCC(c3nc(-c4ccc(F)cc4)no3)C2)cc1. The minimum Gasteiger partial charge on any atom is -0.339 e. The van der Waals surface area contributed by atoms with Crippen molar-refractivity contribution in [2.24, 2.45) is 0 Å². The van der Waals surface area contributed by atoms with E-state index in [1.54, 1.807) is 17.0 Å². The summed E-state index contributed by atoms with van der Waals surface area (Å²) >= 11 is 0. The normalized spacial score (nSPS) is 16.6. The van der Waals surface area contributed by atoms with Crippen molar-refractivity contribution in [1.29, 1.82) is 0 Å². The summed E-state index contributed by atoms with van der Waals surface area (Å²) in [7, 11) is 0. The zero-order chi connectivity index (χ0) is 20.2. The molecule has 150 valence electrons. The summed E-state index contributed by atoms with van der Waals surface area (Å²) in [5.74, 6) is 0.612. The minimum atomic E-state index is -0.310. The lowest BCUT2D eigenvalue weighted by atomic mass is 9.98. The molecule has 0 aliphatic carbocycles. The highest BCUT2D eigenvalue weighted by Gasteiger charge is 2.28. The number of piperidine rings is 1. The number of likely N-dealkylation sites (tertiary alicyclic amines) is 1. The van der Waals surface area contributed by atoms with Gasteiger partial charge in [0.2, 0.25) is 11.7 Å². The maximum absolute atomic E-state index is 13.1. The van der Waals surface area contributed by atoms with Gasteiger partial charge in [0, 0.05) is 24.3 Å². The number of aromatic nitrogens is 2. The molecule has 1 unspecified atom stereocenters. The average Bonchev–Trinajstić information content (AvgIpc) is 3.25. The van der Waals surface area contributed by atoms with Crippen LogP contribution in [0.5, 0.6) is 0 Å². The van der Waals surface area contributed by atoms with E-state index in [1.165, 1.54) is 17.7 Å². The van der Waals surface area contributed by atoms with Crippen LogP contribution in [0.2, 0.25) is 0 Å². The zero-order valence-corrected chi connectivity index (χ0v) is 16.3. The molecule has 0 radical (unpaired) electrons. The number of benzene rings is 2. The van der Waals surface area contributed by atoms with Crippen molar-refractivity contribution in [3.05, 3.63) is 65.8 Å². The highest BCUT2D eigenvalue weighted by molar-refractivity contribution is 5.89. The van der Waals surface area contributed by atoms with Crippen LogP contribution in [0.3, 0.4) is 0 Å². The van der Waals surface area contributed by atoms with E-state index in [0.29, 0.717) is 30.4 Å². The van der Waals surface area contributed by atoms with Gasteiger partial charge >= 0.3 is 6.03 Å². The first-order valence-corrected chi connectivity index (χ1v) is 9.87. The zero-order valence-electron chi connectivity index (χ0n) is 16.3. The Morgan fingerprint density at radius 3 is 2.69 bits per heavy atom. The number of nitrogens with one attached hydrogen (secondary N) is 1. The standard InChI is InChI=1S/C22H23FN4O2/c1-2-15-5-11-19(12-6-15)24-22(28)27-13-3-4-17(14-27)21-25-20(26-29-21)16-7-9-18(23)10-8-16/h5-12,17H,2-4,13-14H2,1H3,(H,24,28). The van der Waals surface area contributed by atoms with Crippen LogP contribution in [0, 0.1) is 5.82 Å². The molecule has 0 saturated carbocycles. The van der Waals surface area contributed by atoms with Crippen molar-refractivity contribution >= 4 is 11.7 Å². The van der Waals surface area contributed by atoms with Crippen LogP contribution in [-0.2, 0) is 6.42 Å². The summed E-state index contributed by atoms with van der Waals surface area (Å²) in [5, 5.41) is 6.97. The molecule has 1 aromatic heterocycles. The van der Waals surface area contributed by atoms with E-state index in [9.17, 15) is 9.18 Å². The second kappa shape index (κ2) is 8.43. The second-order valence-corrected chi connectivity index (χ2v) is 7.23. The summed E-state index contributed by atoms with van der Waals surface area (Å²) in [5.41, 5.74) is 2.71. The minimum absolute atomic E-state index is 0.0151. The van der Waals surface area contributed by atoms with Gasteiger partial charge in [-0.15, -0.1) is 0 Å². The molecule has 1 aliphatic rings. The Balaban J connectivity index is 1.41. The van der Waals surface area contributed by atoms with Crippen molar-refractivity contribution in [2.45, 2.75) is 32.1 Å². The smallest absolute Gasteiger partial charge is 0.321 e. The second-order valence-electron chi connectivity index (χ2n) is 7.23. The maximum Gasteiger partial charge on any atom is 0.321 e. The first kappa shape index (κ1) is 19.1.